The van der Waals surface area contributed by atoms with Crippen molar-refractivity contribution >= 4 is 35.8 Å². The SMILES string of the molecule is CCCNC(=O)CNC(=NC)NCCCN1CCC(C)CC1.I. The third kappa shape index (κ3) is 10.8. The zero-order valence-electron chi connectivity index (χ0n) is 14.9. The number of carbonyl (C=O) groups is 1. The largest absolute Gasteiger partial charge is 0.356 e. The Balaban J connectivity index is 0.00000484. The molecule has 0 radical (unpaired) electrons. The van der Waals surface area contributed by atoms with Crippen LogP contribution in [-0.2, 0) is 4.79 Å². The van der Waals surface area contributed by atoms with Gasteiger partial charge in [-0.05, 0) is 51.2 Å². The molecule has 1 amide bonds. The van der Waals surface area contributed by atoms with Gasteiger partial charge in [0.2, 0.25) is 5.91 Å². The van der Waals surface area contributed by atoms with Gasteiger partial charge in [0.05, 0.1) is 6.54 Å². The molecule has 136 valence electrons. The first-order valence-electron chi connectivity index (χ1n) is 8.59. The fourth-order valence-electron chi connectivity index (χ4n) is 2.51. The number of amides is 1. The third-order valence-electron chi connectivity index (χ3n) is 4.03. The first-order chi connectivity index (χ1) is 10.7. The van der Waals surface area contributed by atoms with Crippen LogP contribution in [0.4, 0.5) is 0 Å². The molecule has 1 fully saturated rings. The summed E-state index contributed by atoms with van der Waals surface area (Å²) >= 11 is 0. The van der Waals surface area contributed by atoms with Gasteiger partial charge in [0.15, 0.2) is 5.96 Å². The second-order valence-electron chi connectivity index (χ2n) is 6.08. The lowest BCUT2D eigenvalue weighted by atomic mass is 9.99. The van der Waals surface area contributed by atoms with Crippen LogP contribution in [0.5, 0.6) is 0 Å². The number of carbonyl (C=O) groups excluding carboxylic acids is 1. The van der Waals surface area contributed by atoms with Gasteiger partial charge in [-0.1, -0.05) is 13.8 Å². The fourth-order valence-corrected chi connectivity index (χ4v) is 2.51. The molecule has 23 heavy (non-hydrogen) atoms. The van der Waals surface area contributed by atoms with E-state index in [1.54, 1.807) is 7.05 Å². The second-order valence-corrected chi connectivity index (χ2v) is 6.08. The third-order valence-corrected chi connectivity index (χ3v) is 4.03. The van der Waals surface area contributed by atoms with E-state index in [1.165, 1.54) is 25.9 Å². The normalized spacial score (nSPS) is 16.6. The van der Waals surface area contributed by atoms with Crippen LogP contribution < -0.4 is 16.0 Å². The van der Waals surface area contributed by atoms with E-state index in [2.05, 4.69) is 32.8 Å². The van der Waals surface area contributed by atoms with Crippen molar-refractivity contribution in [2.24, 2.45) is 10.9 Å². The van der Waals surface area contributed by atoms with E-state index >= 15 is 0 Å². The monoisotopic (exact) mass is 439 g/mol. The molecule has 7 heteroatoms. The Bertz CT molecular complexity index is 343. The predicted molar refractivity (Wildman–Crippen MR) is 108 cm³/mol. The number of guanidine groups is 1. The van der Waals surface area contributed by atoms with Crippen LogP contribution in [0.15, 0.2) is 4.99 Å². The Labute approximate surface area is 158 Å². The topological polar surface area (TPSA) is 68.8 Å². The number of nitrogens with zero attached hydrogens (tertiary/aromatic N) is 2. The lowest BCUT2D eigenvalue weighted by molar-refractivity contribution is -0.120. The summed E-state index contributed by atoms with van der Waals surface area (Å²) in [6.45, 7) is 9.83. The molecule has 1 aliphatic heterocycles. The molecule has 1 aliphatic rings. The molecule has 0 unspecified atom stereocenters. The van der Waals surface area contributed by atoms with E-state index in [0.717, 1.165) is 38.4 Å². The van der Waals surface area contributed by atoms with Gasteiger partial charge >= 0.3 is 0 Å². The van der Waals surface area contributed by atoms with Crippen molar-refractivity contribution in [3.63, 3.8) is 0 Å². The van der Waals surface area contributed by atoms with Crippen LogP contribution in [0.25, 0.3) is 0 Å². The number of aliphatic imine (C=N–C) groups is 1. The van der Waals surface area contributed by atoms with E-state index in [0.29, 0.717) is 5.96 Å². The van der Waals surface area contributed by atoms with E-state index in [4.69, 9.17) is 0 Å². The minimum absolute atomic E-state index is 0. The summed E-state index contributed by atoms with van der Waals surface area (Å²) < 4.78 is 0. The lowest BCUT2D eigenvalue weighted by Crippen LogP contribution is -2.44. The molecule has 0 aromatic heterocycles. The first kappa shape index (κ1) is 22.4. The Morgan fingerprint density at radius 3 is 2.48 bits per heavy atom. The maximum Gasteiger partial charge on any atom is 0.239 e. The molecule has 1 rings (SSSR count). The van der Waals surface area contributed by atoms with Gasteiger partial charge in [-0.2, -0.15) is 0 Å². The van der Waals surface area contributed by atoms with Gasteiger partial charge < -0.3 is 20.9 Å². The highest BCUT2D eigenvalue weighted by atomic mass is 127. The maximum atomic E-state index is 11.5. The molecule has 0 spiro atoms. The molecular formula is C16H34IN5O. The average Bonchev–Trinajstić information content (AvgIpc) is 2.53. The Morgan fingerprint density at radius 1 is 1.17 bits per heavy atom. The summed E-state index contributed by atoms with van der Waals surface area (Å²) in [4.78, 5) is 18.2. The number of likely N-dealkylation sites (tertiary alicyclic amines) is 1. The van der Waals surface area contributed by atoms with Crippen molar-refractivity contribution in [1.29, 1.82) is 0 Å². The van der Waals surface area contributed by atoms with Crippen molar-refractivity contribution in [2.45, 2.75) is 39.5 Å². The van der Waals surface area contributed by atoms with Gasteiger partial charge in [0.25, 0.3) is 0 Å². The Morgan fingerprint density at radius 2 is 1.87 bits per heavy atom. The van der Waals surface area contributed by atoms with Gasteiger partial charge in [-0.15, -0.1) is 24.0 Å². The van der Waals surface area contributed by atoms with Gasteiger partial charge in [0.1, 0.15) is 0 Å². The summed E-state index contributed by atoms with van der Waals surface area (Å²) in [6, 6.07) is 0. The molecule has 0 aromatic rings. The van der Waals surface area contributed by atoms with Crippen molar-refractivity contribution in [1.82, 2.24) is 20.9 Å². The van der Waals surface area contributed by atoms with E-state index in [1.807, 2.05) is 6.92 Å². The number of hydrogen-bond acceptors (Lipinski definition) is 3. The van der Waals surface area contributed by atoms with Crippen LogP contribution in [-0.4, -0.2) is 63.1 Å². The van der Waals surface area contributed by atoms with Crippen LogP contribution in [0.3, 0.4) is 0 Å². The van der Waals surface area contributed by atoms with Crippen LogP contribution in [0, 0.1) is 5.92 Å². The first-order valence-corrected chi connectivity index (χ1v) is 8.59. The molecule has 3 N–H and O–H groups in total. The molecule has 0 bridgehead atoms. The lowest BCUT2D eigenvalue weighted by Gasteiger charge is -2.30. The Hall–Kier alpha value is -0.570. The molecular weight excluding hydrogens is 405 g/mol. The molecule has 0 aromatic carbocycles. The maximum absolute atomic E-state index is 11.5. The predicted octanol–water partition coefficient (Wildman–Crippen LogP) is 1.42. The quantitative estimate of drug-likeness (QED) is 0.232. The summed E-state index contributed by atoms with van der Waals surface area (Å²) in [6.07, 6.45) is 4.69. The molecule has 1 saturated heterocycles. The van der Waals surface area contributed by atoms with Gasteiger partial charge in [0, 0.05) is 20.1 Å². The fraction of sp³-hybridized carbons (Fsp3) is 0.875. The number of rotatable bonds is 8. The molecule has 0 atom stereocenters. The summed E-state index contributed by atoms with van der Waals surface area (Å²) in [5, 5.41) is 9.13. The van der Waals surface area contributed by atoms with Gasteiger partial charge in [-0.25, -0.2) is 0 Å². The number of piperidine rings is 1. The Kier molecular flexibility index (Phi) is 13.5. The zero-order chi connectivity index (χ0) is 16.2. The van der Waals surface area contributed by atoms with E-state index < -0.39 is 0 Å². The summed E-state index contributed by atoms with van der Waals surface area (Å²) in [5.41, 5.74) is 0. The smallest absolute Gasteiger partial charge is 0.239 e. The number of halogens is 1. The van der Waals surface area contributed by atoms with Crippen molar-refractivity contribution in [3.05, 3.63) is 0 Å². The highest BCUT2D eigenvalue weighted by Crippen LogP contribution is 2.15. The number of hydrogen-bond donors (Lipinski definition) is 3. The van der Waals surface area contributed by atoms with Crippen LogP contribution in [0.2, 0.25) is 0 Å². The van der Waals surface area contributed by atoms with Gasteiger partial charge in [-0.3, -0.25) is 9.79 Å². The average molecular weight is 439 g/mol. The second kappa shape index (κ2) is 13.8. The van der Waals surface area contributed by atoms with E-state index in [-0.39, 0.29) is 36.4 Å². The van der Waals surface area contributed by atoms with Crippen LogP contribution >= 0.6 is 24.0 Å². The van der Waals surface area contributed by atoms with E-state index in [9.17, 15) is 4.79 Å². The standard InChI is InChI=1S/C16H33N5O.HI/c1-4-8-18-15(22)13-20-16(17-3)19-9-5-10-21-11-6-14(2)7-12-21;/h14H,4-13H2,1-3H3,(H,18,22)(H2,17,19,20);1H. The number of nitrogens with one attached hydrogen (secondary N) is 3. The highest BCUT2D eigenvalue weighted by molar-refractivity contribution is 14.0. The summed E-state index contributed by atoms with van der Waals surface area (Å²) in [7, 11) is 1.73. The minimum atomic E-state index is 0. The molecule has 0 aliphatic carbocycles. The highest BCUT2D eigenvalue weighted by Gasteiger charge is 2.14. The van der Waals surface area contributed by atoms with Crippen LogP contribution in [0.1, 0.15) is 39.5 Å². The molecule has 1 heterocycles. The zero-order valence-corrected chi connectivity index (χ0v) is 17.2. The minimum Gasteiger partial charge on any atom is -0.356 e. The molecule has 6 nitrogen and oxygen atoms in total. The molecule has 0 saturated carbocycles. The van der Waals surface area contributed by atoms with Crippen molar-refractivity contribution in [3.8, 4) is 0 Å². The summed E-state index contributed by atoms with van der Waals surface area (Å²) in [5.74, 6) is 1.59. The van der Waals surface area contributed by atoms with Crippen molar-refractivity contribution < 1.29 is 4.79 Å². The van der Waals surface area contributed by atoms with Crippen molar-refractivity contribution in [2.75, 3.05) is 46.3 Å².